The Kier molecular flexibility index (Phi) is 6.95. The van der Waals surface area contributed by atoms with Gasteiger partial charge in [-0.25, -0.2) is 0 Å². The Labute approximate surface area is 262 Å². The van der Waals surface area contributed by atoms with E-state index in [2.05, 4.69) is 165 Å². The average molecular weight is 763 g/mol. The normalized spacial score (nSPS) is 19.8. The second-order valence-corrected chi connectivity index (χ2v) is 99.9. The fraction of sp³-hybridized carbons (Fsp3) is 0.333. The fourth-order valence-corrected chi connectivity index (χ4v) is 51.2. The molecule has 44 heavy (non-hydrogen) atoms. The first-order valence-corrected chi connectivity index (χ1v) is 42.8. The second-order valence-electron chi connectivity index (χ2n) is 18.2. The summed E-state index contributed by atoms with van der Waals surface area (Å²) in [5.41, 5.74) is 14.2. The van der Waals surface area contributed by atoms with E-state index in [-0.39, 0.29) is 0 Å². The molecule has 0 heterocycles. The van der Waals surface area contributed by atoms with Crippen LogP contribution in [0, 0.1) is 0 Å². The Morgan fingerprint density at radius 3 is 1.41 bits per heavy atom. The van der Waals surface area contributed by atoms with Crippen molar-refractivity contribution < 1.29 is 14.2 Å². The SMILES string of the molecule is CC[CH2][Hf]([CH3])([CH3])([CH3])(=[SiH2])([CH]1C=Cc2c(-c3cccc(C(C)C)c3)cccc21)[CH]1C=Cc2c(-c3cccc(C(C)C)c3)cccc21. The van der Waals surface area contributed by atoms with Gasteiger partial charge in [-0.15, -0.1) is 0 Å². The van der Waals surface area contributed by atoms with Crippen LogP contribution in [0.5, 0.6) is 0 Å². The molecule has 4 aromatic carbocycles. The van der Waals surface area contributed by atoms with E-state index in [1.165, 1.54) is 55.1 Å². The fourth-order valence-electron chi connectivity index (χ4n) is 9.54. The van der Waals surface area contributed by atoms with E-state index in [0.29, 0.717) is 19.2 Å². The molecule has 2 unspecified atom stereocenters. The van der Waals surface area contributed by atoms with Gasteiger partial charge in [0, 0.05) is 0 Å². The molecule has 0 radical (unpaired) electrons. The third kappa shape index (κ3) is 4.78. The van der Waals surface area contributed by atoms with Gasteiger partial charge in [0.05, 0.1) is 0 Å². The van der Waals surface area contributed by atoms with E-state index in [4.69, 9.17) is 0 Å². The van der Waals surface area contributed by atoms with Crippen LogP contribution in [-0.4, -0.2) is 6.94 Å². The van der Waals surface area contributed by atoms with Crippen molar-refractivity contribution in [3.05, 3.63) is 130 Å². The molecular weight excluding hydrogens is 711 g/mol. The molecule has 0 amide bonds. The van der Waals surface area contributed by atoms with Crippen LogP contribution in [0.3, 0.4) is 0 Å². The van der Waals surface area contributed by atoms with Gasteiger partial charge in [0.1, 0.15) is 0 Å². The summed E-state index contributed by atoms with van der Waals surface area (Å²) in [6.07, 6.45) is 11.4. The number of fused-ring (bicyclic) bond motifs is 2. The van der Waals surface area contributed by atoms with Crippen molar-refractivity contribution in [3.8, 4) is 22.3 Å². The molecule has 0 N–H and O–H groups in total. The summed E-state index contributed by atoms with van der Waals surface area (Å²) in [5.74, 6) is 1.03. The number of hydrogen-bond acceptors (Lipinski definition) is 0. The molecule has 2 atom stereocenters. The van der Waals surface area contributed by atoms with Gasteiger partial charge >= 0.3 is 264 Å². The molecule has 228 valence electrons. The maximum atomic E-state index is 2.82. The molecule has 0 fully saturated rings. The van der Waals surface area contributed by atoms with E-state index in [1.54, 1.807) is 11.1 Å². The van der Waals surface area contributed by atoms with Crippen LogP contribution >= 0.6 is 0 Å². The van der Waals surface area contributed by atoms with Crippen LogP contribution in [0.2, 0.25) is 18.2 Å². The van der Waals surface area contributed by atoms with E-state index in [9.17, 15) is 0 Å². The van der Waals surface area contributed by atoms with Crippen molar-refractivity contribution in [2.24, 2.45) is 0 Å². The molecule has 0 aliphatic heterocycles. The monoisotopic (exact) mass is 764 g/mol. The van der Waals surface area contributed by atoms with Crippen molar-refractivity contribution in [1.82, 2.24) is 0 Å². The van der Waals surface area contributed by atoms with Gasteiger partial charge < -0.3 is 0 Å². The summed E-state index contributed by atoms with van der Waals surface area (Å²) < 4.78 is 10.6. The summed E-state index contributed by atoms with van der Waals surface area (Å²) in [7, 11) is 0. The predicted molar refractivity (Wildman–Crippen MR) is 197 cm³/mol. The Balaban J connectivity index is 1.53. The quantitative estimate of drug-likeness (QED) is 0.157. The standard InChI is InChI=1S/2C18H17.C3H7.3CH3.Hf.H2Si/c2*1-13(2)15-8-3-9-16(12-15)18-11-5-7-14-6-4-10-17(14)18;1-3-2;;;;;/h2*3-13H,1-2H3;1,3H2,2H3;3*1H3;;1H2. The van der Waals surface area contributed by atoms with Crippen LogP contribution in [0.4, 0.5) is 0 Å². The summed E-state index contributed by atoms with van der Waals surface area (Å²) in [4.78, 5) is 0. The summed E-state index contributed by atoms with van der Waals surface area (Å²) in [6.45, 7) is 14.1. The Morgan fingerprint density at radius 2 is 1.02 bits per heavy atom. The predicted octanol–water partition coefficient (Wildman–Crippen LogP) is 12.4. The zero-order valence-corrected chi connectivity index (χ0v) is 33.3. The Bertz CT molecular complexity index is 1850. The van der Waals surface area contributed by atoms with Crippen LogP contribution in [-0.2, 0) is 14.2 Å². The molecule has 0 aromatic heterocycles. The third-order valence-corrected chi connectivity index (χ3v) is 58.7. The van der Waals surface area contributed by atoms with Gasteiger partial charge in [-0.1, -0.05) is 0 Å². The first kappa shape index (κ1) is 31.4. The second kappa shape index (κ2) is 9.73. The molecule has 2 heteroatoms. The first-order valence-electron chi connectivity index (χ1n) is 17.0. The van der Waals surface area contributed by atoms with E-state index >= 15 is 0 Å². The van der Waals surface area contributed by atoms with E-state index in [0.717, 1.165) is 0 Å². The molecule has 0 saturated heterocycles. The molecule has 2 aliphatic rings. The van der Waals surface area contributed by atoms with Gasteiger partial charge in [0.2, 0.25) is 0 Å². The van der Waals surface area contributed by atoms with Crippen LogP contribution in [0.15, 0.2) is 97.1 Å². The van der Waals surface area contributed by atoms with Gasteiger partial charge in [0.25, 0.3) is 0 Å². The van der Waals surface area contributed by atoms with E-state index in [1.807, 2.05) is 0 Å². The van der Waals surface area contributed by atoms with Gasteiger partial charge in [-0.2, -0.15) is 0 Å². The zero-order chi connectivity index (χ0) is 31.6. The van der Waals surface area contributed by atoms with Gasteiger partial charge in [0.15, 0.2) is 0 Å². The number of benzene rings is 4. The Hall–Kier alpha value is -2.55. The maximum absolute atomic E-state index is 4.89. The molecular formula is C42H52HfSi. The van der Waals surface area contributed by atoms with Gasteiger partial charge in [-0.05, 0) is 0 Å². The number of hydrogen-bond donors (Lipinski definition) is 0. The number of allylic oxidation sites excluding steroid dienone is 2. The molecule has 4 aromatic rings. The third-order valence-electron chi connectivity index (χ3n) is 12.2. The van der Waals surface area contributed by atoms with Crippen molar-refractivity contribution in [1.29, 1.82) is 0 Å². The number of rotatable bonds is 8. The van der Waals surface area contributed by atoms with Gasteiger partial charge in [-0.3, -0.25) is 0 Å². The minimum absolute atomic E-state index is 0.425. The molecule has 6 rings (SSSR count). The topological polar surface area (TPSA) is 0 Å². The average Bonchev–Trinajstić information content (AvgIpc) is 3.64. The minimum atomic E-state index is -4.89. The van der Waals surface area contributed by atoms with Crippen LogP contribution in [0.25, 0.3) is 34.4 Å². The summed E-state index contributed by atoms with van der Waals surface area (Å²) >= 11 is -4.89. The van der Waals surface area contributed by atoms with Crippen molar-refractivity contribution >= 4 is 19.1 Å². The molecule has 0 bridgehead atoms. The van der Waals surface area contributed by atoms with Crippen LogP contribution < -0.4 is 0 Å². The summed E-state index contributed by atoms with van der Waals surface area (Å²) in [5, 5.41) is 0. The van der Waals surface area contributed by atoms with Crippen molar-refractivity contribution in [2.75, 3.05) is 0 Å². The first-order chi connectivity index (χ1) is 20.6. The Morgan fingerprint density at radius 1 is 0.614 bits per heavy atom. The molecule has 0 spiro atoms. The van der Waals surface area contributed by atoms with Crippen LogP contribution in [0.1, 0.15) is 93.6 Å². The van der Waals surface area contributed by atoms with Crippen molar-refractivity contribution in [2.45, 2.75) is 78.4 Å². The molecule has 0 nitrogen and oxygen atoms in total. The summed E-state index contributed by atoms with van der Waals surface area (Å²) in [6, 6.07) is 32.7. The van der Waals surface area contributed by atoms with Crippen molar-refractivity contribution in [3.63, 3.8) is 0 Å². The zero-order valence-electron chi connectivity index (χ0n) is 28.3. The molecule has 2 aliphatic carbocycles. The molecule has 0 saturated carbocycles. The van der Waals surface area contributed by atoms with E-state index < -0.39 is 14.2 Å².